The van der Waals surface area contributed by atoms with Crippen LogP contribution in [-0.2, 0) is 6.54 Å². The Balaban J connectivity index is 2.16. The maximum Gasteiger partial charge on any atom is 0.272 e. The molecule has 1 aliphatic rings. The van der Waals surface area contributed by atoms with Crippen molar-refractivity contribution >= 4 is 5.69 Å². The molecule has 1 aliphatic heterocycles. The zero-order valence-electron chi connectivity index (χ0n) is 11.5. The van der Waals surface area contributed by atoms with Crippen molar-refractivity contribution in [2.45, 2.75) is 32.9 Å². The molecule has 1 saturated heterocycles. The fourth-order valence-electron chi connectivity index (χ4n) is 2.87. The normalized spacial score (nSPS) is 23.7. The van der Waals surface area contributed by atoms with E-state index >= 15 is 0 Å². The summed E-state index contributed by atoms with van der Waals surface area (Å²) in [7, 11) is 0. The number of benzene rings is 1. The standard InChI is InChI=1S/C14H21N3O2/c1-10-6-12(7-15)8-16(10)9-13-4-3-5-14(11(13)2)17(18)19/h3-5,10,12H,6-9,15H2,1-2H3. The van der Waals surface area contributed by atoms with Crippen LogP contribution in [0.25, 0.3) is 0 Å². The first kappa shape index (κ1) is 14.0. The molecular weight excluding hydrogens is 242 g/mol. The highest BCUT2D eigenvalue weighted by atomic mass is 16.6. The number of nitro groups is 1. The van der Waals surface area contributed by atoms with Crippen LogP contribution in [0.2, 0.25) is 0 Å². The number of nitrogens with zero attached hydrogens (tertiary/aromatic N) is 2. The van der Waals surface area contributed by atoms with Crippen LogP contribution >= 0.6 is 0 Å². The Morgan fingerprint density at radius 3 is 2.84 bits per heavy atom. The average Bonchev–Trinajstić information content (AvgIpc) is 2.72. The van der Waals surface area contributed by atoms with Crippen LogP contribution in [-0.4, -0.2) is 29.0 Å². The molecule has 1 heterocycles. The Bertz CT molecular complexity index is 476. The highest BCUT2D eigenvalue weighted by Gasteiger charge is 2.28. The molecule has 2 unspecified atom stereocenters. The van der Waals surface area contributed by atoms with Crippen molar-refractivity contribution in [3.8, 4) is 0 Å². The maximum atomic E-state index is 10.9. The van der Waals surface area contributed by atoms with Crippen LogP contribution < -0.4 is 5.73 Å². The molecule has 1 aromatic rings. The summed E-state index contributed by atoms with van der Waals surface area (Å²) in [5.41, 5.74) is 7.75. The number of nitro benzene ring substituents is 1. The minimum Gasteiger partial charge on any atom is -0.330 e. The van der Waals surface area contributed by atoms with Crippen molar-refractivity contribution in [2.75, 3.05) is 13.1 Å². The van der Waals surface area contributed by atoms with Gasteiger partial charge in [0.2, 0.25) is 0 Å². The van der Waals surface area contributed by atoms with Gasteiger partial charge in [0.05, 0.1) is 4.92 Å². The van der Waals surface area contributed by atoms with Gasteiger partial charge in [-0.05, 0) is 38.3 Å². The Labute approximate surface area is 113 Å². The summed E-state index contributed by atoms with van der Waals surface area (Å²) in [6.07, 6.45) is 1.12. The molecule has 0 amide bonds. The van der Waals surface area contributed by atoms with Gasteiger partial charge in [-0.25, -0.2) is 0 Å². The number of hydrogen-bond donors (Lipinski definition) is 1. The van der Waals surface area contributed by atoms with Crippen molar-refractivity contribution in [2.24, 2.45) is 11.7 Å². The number of likely N-dealkylation sites (tertiary alicyclic amines) is 1. The number of hydrogen-bond acceptors (Lipinski definition) is 4. The summed E-state index contributed by atoms with van der Waals surface area (Å²) in [6, 6.07) is 5.80. The van der Waals surface area contributed by atoms with Gasteiger partial charge in [-0.3, -0.25) is 15.0 Å². The van der Waals surface area contributed by atoms with E-state index in [0.29, 0.717) is 12.0 Å². The molecule has 0 aromatic heterocycles. The van der Waals surface area contributed by atoms with Gasteiger partial charge in [-0.1, -0.05) is 12.1 Å². The molecule has 0 bridgehead atoms. The molecule has 2 N–H and O–H groups in total. The van der Waals surface area contributed by atoms with E-state index in [1.165, 1.54) is 0 Å². The van der Waals surface area contributed by atoms with Gasteiger partial charge in [0, 0.05) is 30.8 Å². The van der Waals surface area contributed by atoms with E-state index < -0.39 is 0 Å². The molecule has 2 atom stereocenters. The predicted molar refractivity (Wildman–Crippen MR) is 74.9 cm³/mol. The monoisotopic (exact) mass is 263 g/mol. The second-order valence-electron chi connectivity index (χ2n) is 5.43. The number of nitrogens with two attached hydrogens (primary N) is 1. The summed E-state index contributed by atoms with van der Waals surface area (Å²) in [5, 5.41) is 10.9. The van der Waals surface area contributed by atoms with Crippen LogP contribution in [0.15, 0.2) is 18.2 Å². The molecule has 2 rings (SSSR count). The largest absolute Gasteiger partial charge is 0.330 e. The van der Waals surface area contributed by atoms with Crippen molar-refractivity contribution in [3.05, 3.63) is 39.4 Å². The third-order valence-corrected chi connectivity index (χ3v) is 4.11. The minimum atomic E-state index is -0.311. The van der Waals surface area contributed by atoms with E-state index in [0.717, 1.165) is 37.2 Å². The molecule has 0 spiro atoms. The molecule has 5 nitrogen and oxygen atoms in total. The Kier molecular flexibility index (Phi) is 4.17. The first-order valence-corrected chi connectivity index (χ1v) is 6.70. The topological polar surface area (TPSA) is 72.4 Å². The van der Waals surface area contributed by atoms with E-state index in [2.05, 4.69) is 11.8 Å². The second kappa shape index (κ2) is 5.67. The van der Waals surface area contributed by atoms with E-state index in [-0.39, 0.29) is 10.6 Å². The van der Waals surface area contributed by atoms with Crippen LogP contribution in [0.1, 0.15) is 24.5 Å². The molecule has 1 aromatic carbocycles. The van der Waals surface area contributed by atoms with E-state index in [9.17, 15) is 10.1 Å². The van der Waals surface area contributed by atoms with Gasteiger partial charge in [0.15, 0.2) is 0 Å². The molecule has 1 fully saturated rings. The lowest BCUT2D eigenvalue weighted by atomic mass is 10.1. The van der Waals surface area contributed by atoms with Crippen molar-refractivity contribution in [1.29, 1.82) is 0 Å². The molecule has 104 valence electrons. The summed E-state index contributed by atoms with van der Waals surface area (Å²) in [6.45, 7) is 6.50. The summed E-state index contributed by atoms with van der Waals surface area (Å²) < 4.78 is 0. The third kappa shape index (κ3) is 2.93. The van der Waals surface area contributed by atoms with Crippen molar-refractivity contribution in [1.82, 2.24) is 4.90 Å². The fourth-order valence-corrected chi connectivity index (χ4v) is 2.87. The van der Waals surface area contributed by atoms with Gasteiger partial charge in [0.25, 0.3) is 5.69 Å². The van der Waals surface area contributed by atoms with E-state index in [1.807, 2.05) is 13.0 Å². The van der Waals surface area contributed by atoms with Gasteiger partial charge in [-0.2, -0.15) is 0 Å². The Morgan fingerprint density at radius 1 is 1.53 bits per heavy atom. The lowest BCUT2D eigenvalue weighted by Gasteiger charge is -2.22. The van der Waals surface area contributed by atoms with Crippen LogP contribution in [0.5, 0.6) is 0 Å². The average molecular weight is 263 g/mol. The molecule has 5 heteroatoms. The zero-order chi connectivity index (χ0) is 14.0. The second-order valence-corrected chi connectivity index (χ2v) is 5.43. The first-order chi connectivity index (χ1) is 9.02. The summed E-state index contributed by atoms with van der Waals surface area (Å²) in [5.74, 6) is 0.550. The quantitative estimate of drug-likeness (QED) is 0.666. The molecule has 19 heavy (non-hydrogen) atoms. The van der Waals surface area contributed by atoms with Gasteiger partial charge < -0.3 is 5.73 Å². The number of rotatable bonds is 4. The van der Waals surface area contributed by atoms with Gasteiger partial charge in [0.1, 0.15) is 0 Å². The highest BCUT2D eigenvalue weighted by molar-refractivity contribution is 5.44. The smallest absolute Gasteiger partial charge is 0.272 e. The van der Waals surface area contributed by atoms with Gasteiger partial charge in [-0.15, -0.1) is 0 Å². The Hall–Kier alpha value is -1.46. The zero-order valence-corrected chi connectivity index (χ0v) is 11.5. The molecule has 0 aliphatic carbocycles. The van der Waals surface area contributed by atoms with Crippen LogP contribution in [0.3, 0.4) is 0 Å². The molecule has 0 radical (unpaired) electrons. The minimum absolute atomic E-state index is 0.208. The van der Waals surface area contributed by atoms with Crippen LogP contribution in [0, 0.1) is 23.0 Å². The predicted octanol–water partition coefficient (Wildman–Crippen LogP) is 2.07. The SMILES string of the molecule is Cc1c(CN2CC(CN)CC2C)cccc1[N+](=O)[O-]. The lowest BCUT2D eigenvalue weighted by molar-refractivity contribution is -0.385. The maximum absolute atomic E-state index is 10.9. The highest BCUT2D eigenvalue weighted by Crippen LogP contribution is 2.27. The first-order valence-electron chi connectivity index (χ1n) is 6.70. The fraction of sp³-hybridized carbons (Fsp3) is 0.571. The third-order valence-electron chi connectivity index (χ3n) is 4.11. The van der Waals surface area contributed by atoms with Gasteiger partial charge >= 0.3 is 0 Å². The van der Waals surface area contributed by atoms with E-state index in [1.54, 1.807) is 12.1 Å². The lowest BCUT2D eigenvalue weighted by Crippen LogP contribution is -2.27. The summed E-state index contributed by atoms with van der Waals surface area (Å²) >= 11 is 0. The Morgan fingerprint density at radius 2 is 2.26 bits per heavy atom. The van der Waals surface area contributed by atoms with Crippen LogP contribution in [0.4, 0.5) is 5.69 Å². The molecular formula is C14H21N3O2. The van der Waals surface area contributed by atoms with E-state index in [4.69, 9.17) is 5.73 Å². The van der Waals surface area contributed by atoms with Crippen molar-refractivity contribution < 1.29 is 4.92 Å². The molecule has 0 saturated carbocycles. The van der Waals surface area contributed by atoms with Crippen molar-refractivity contribution in [3.63, 3.8) is 0 Å². The summed E-state index contributed by atoms with van der Waals surface area (Å²) in [4.78, 5) is 13.0.